The molecule has 0 fully saturated rings. The summed E-state index contributed by atoms with van der Waals surface area (Å²) in [6.07, 6.45) is 0.333. The number of halogens is 5. The average Bonchev–Trinajstić information content (AvgIpc) is 3.23. The summed E-state index contributed by atoms with van der Waals surface area (Å²) in [6, 6.07) is 12.7. The number of nitrogens with one attached hydrogen (secondary N) is 2. The number of rotatable bonds is 6. The normalized spacial score (nSPS) is 16.9. The third-order valence-corrected chi connectivity index (χ3v) is 7.38. The molecular formula is C22H16Cl3F2N3O2S. The van der Waals surface area contributed by atoms with Crippen molar-refractivity contribution in [3.63, 3.8) is 0 Å². The van der Waals surface area contributed by atoms with Crippen molar-refractivity contribution in [2.45, 2.75) is 23.4 Å². The van der Waals surface area contributed by atoms with E-state index in [1.54, 1.807) is 24.3 Å². The van der Waals surface area contributed by atoms with E-state index in [2.05, 4.69) is 15.2 Å². The molecule has 0 saturated heterocycles. The molecule has 1 heterocycles. The molecule has 2 N–H and O–H groups in total. The number of nitrogens with zero attached hydrogens (tertiary/aromatic N) is 1. The van der Waals surface area contributed by atoms with Crippen LogP contribution in [0, 0.1) is 11.6 Å². The average molecular weight is 531 g/mol. The lowest BCUT2D eigenvalue weighted by Gasteiger charge is -2.21. The summed E-state index contributed by atoms with van der Waals surface area (Å²) in [4.78, 5) is -0.695. The van der Waals surface area contributed by atoms with Gasteiger partial charge in [-0.25, -0.2) is 17.2 Å². The van der Waals surface area contributed by atoms with Crippen LogP contribution < -0.4 is 10.1 Å². The van der Waals surface area contributed by atoms with Gasteiger partial charge in [0.2, 0.25) is 10.0 Å². The Hall–Kier alpha value is -2.23. The molecule has 3 aromatic rings. The molecule has 0 aromatic heterocycles. The van der Waals surface area contributed by atoms with E-state index >= 15 is 0 Å². The quantitative estimate of drug-likeness (QED) is 0.408. The lowest BCUT2D eigenvalue weighted by atomic mass is 9.96. The van der Waals surface area contributed by atoms with E-state index < -0.39 is 32.6 Å². The fraction of sp³-hybridized carbons (Fsp3) is 0.136. The van der Waals surface area contributed by atoms with Gasteiger partial charge in [0.25, 0.3) is 0 Å². The van der Waals surface area contributed by atoms with Crippen LogP contribution in [0.2, 0.25) is 15.1 Å². The molecule has 2 atom stereocenters. The van der Waals surface area contributed by atoms with Crippen molar-refractivity contribution in [1.82, 2.24) is 10.1 Å². The molecular weight excluding hydrogens is 515 g/mol. The third-order valence-electron chi connectivity index (χ3n) is 5.11. The minimum atomic E-state index is -4.42. The van der Waals surface area contributed by atoms with Crippen molar-refractivity contribution < 1.29 is 17.2 Å². The van der Waals surface area contributed by atoms with Crippen LogP contribution in [-0.4, -0.2) is 14.1 Å². The predicted octanol–water partition coefficient (Wildman–Crippen LogP) is 6.04. The van der Waals surface area contributed by atoms with Gasteiger partial charge in [-0.3, -0.25) is 0 Å². The summed E-state index contributed by atoms with van der Waals surface area (Å²) >= 11 is 18.3. The molecule has 0 spiro atoms. The van der Waals surface area contributed by atoms with E-state index in [9.17, 15) is 17.2 Å². The maximum absolute atomic E-state index is 14.3. The van der Waals surface area contributed by atoms with Gasteiger partial charge in [-0.2, -0.15) is 9.82 Å². The SMILES string of the molecule is O=S(=O)(NC(C1=NNC(c2ccc(Cl)cc2)C1)c1ccc(Cl)cc1Cl)c1ccc(F)cc1F. The number of hydrogen-bond acceptors (Lipinski definition) is 4. The maximum Gasteiger partial charge on any atom is 0.244 e. The molecule has 1 aliphatic heterocycles. The topological polar surface area (TPSA) is 70.6 Å². The second-order valence-electron chi connectivity index (χ2n) is 7.34. The van der Waals surface area contributed by atoms with Gasteiger partial charge in [0, 0.05) is 27.6 Å². The molecule has 0 saturated carbocycles. The molecule has 172 valence electrons. The molecule has 11 heteroatoms. The Balaban J connectivity index is 1.69. The molecule has 0 radical (unpaired) electrons. The largest absolute Gasteiger partial charge is 0.302 e. The van der Waals surface area contributed by atoms with E-state index in [-0.39, 0.29) is 11.1 Å². The first kappa shape index (κ1) is 23.9. The number of benzene rings is 3. The Labute approximate surface area is 204 Å². The van der Waals surface area contributed by atoms with Crippen LogP contribution in [0.15, 0.2) is 70.7 Å². The molecule has 33 heavy (non-hydrogen) atoms. The first-order valence-corrected chi connectivity index (χ1v) is 12.3. The first-order chi connectivity index (χ1) is 15.6. The Bertz CT molecular complexity index is 1340. The van der Waals surface area contributed by atoms with Gasteiger partial charge in [0.05, 0.1) is 17.8 Å². The zero-order valence-electron chi connectivity index (χ0n) is 16.7. The highest BCUT2D eigenvalue weighted by Crippen LogP contribution is 2.34. The summed E-state index contributed by atoms with van der Waals surface area (Å²) < 4.78 is 56.1. The van der Waals surface area contributed by atoms with Crippen LogP contribution in [0.3, 0.4) is 0 Å². The summed E-state index contributed by atoms with van der Waals surface area (Å²) in [6.45, 7) is 0. The summed E-state index contributed by atoms with van der Waals surface area (Å²) in [5.41, 5.74) is 4.68. The lowest BCUT2D eigenvalue weighted by Crippen LogP contribution is -2.34. The first-order valence-electron chi connectivity index (χ1n) is 9.64. The highest BCUT2D eigenvalue weighted by molar-refractivity contribution is 7.89. The highest BCUT2D eigenvalue weighted by Gasteiger charge is 2.33. The van der Waals surface area contributed by atoms with Gasteiger partial charge in [-0.15, -0.1) is 0 Å². The summed E-state index contributed by atoms with van der Waals surface area (Å²) in [5, 5.41) is 5.48. The van der Waals surface area contributed by atoms with Gasteiger partial charge in [-0.05, 0) is 47.5 Å². The number of hydrogen-bond donors (Lipinski definition) is 2. The van der Waals surface area contributed by atoms with Crippen molar-refractivity contribution in [3.05, 3.63) is 98.5 Å². The highest BCUT2D eigenvalue weighted by atomic mass is 35.5. The van der Waals surface area contributed by atoms with Gasteiger partial charge < -0.3 is 5.43 Å². The zero-order chi connectivity index (χ0) is 23.8. The van der Waals surface area contributed by atoms with E-state index in [1.165, 1.54) is 6.07 Å². The van der Waals surface area contributed by atoms with Crippen LogP contribution in [-0.2, 0) is 10.0 Å². The van der Waals surface area contributed by atoms with Crippen molar-refractivity contribution in [3.8, 4) is 0 Å². The Kier molecular flexibility index (Phi) is 6.93. The van der Waals surface area contributed by atoms with E-state index in [4.69, 9.17) is 34.8 Å². The molecule has 1 aliphatic rings. The van der Waals surface area contributed by atoms with Gasteiger partial charge in [-0.1, -0.05) is 53.0 Å². The predicted molar refractivity (Wildman–Crippen MR) is 125 cm³/mol. The second-order valence-corrected chi connectivity index (χ2v) is 10.3. The minimum Gasteiger partial charge on any atom is -0.302 e. The lowest BCUT2D eigenvalue weighted by molar-refractivity contribution is 0.541. The van der Waals surface area contributed by atoms with Crippen molar-refractivity contribution in [2.24, 2.45) is 5.10 Å². The third kappa shape index (κ3) is 5.31. The van der Waals surface area contributed by atoms with Crippen molar-refractivity contribution in [1.29, 1.82) is 0 Å². The zero-order valence-corrected chi connectivity index (χ0v) is 19.8. The Morgan fingerprint density at radius 3 is 2.33 bits per heavy atom. The molecule has 0 aliphatic carbocycles. The van der Waals surface area contributed by atoms with Crippen LogP contribution in [0.25, 0.3) is 0 Å². The minimum absolute atomic E-state index is 0.201. The van der Waals surface area contributed by atoms with Crippen LogP contribution >= 0.6 is 34.8 Å². The molecule has 3 aromatic carbocycles. The number of sulfonamides is 1. The molecule has 2 unspecified atom stereocenters. The van der Waals surface area contributed by atoms with E-state index in [0.717, 1.165) is 17.7 Å². The maximum atomic E-state index is 14.3. The molecule has 5 nitrogen and oxygen atoms in total. The summed E-state index contributed by atoms with van der Waals surface area (Å²) in [5.74, 6) is -2.10. The Morgan fingerprint density at radius 1 is 0.970 bits per heavy atom. The molecule has 0 amide bonds. The second kappa shape index (κ2) is 9.56. The van der Waals surface area contributed by atoms with E-state index in [1.807, 2.05) is 12.1 Å². The van der Waals surface area contributed by atoms with E-state index in [0.29, 0.717) is 33.8 Å². The monoisotopic (exact) mass is 529 g/mol. The van der Waals surface area contributed by atoms with Crippen LogP contribution in [0.4, 0.5) is 8.78 Å². The van der Waals surface area contributed by atoms with Crippen LogP contribution in [0.1, 0.15) is 29.6 Å². The Morgan fingerprint density at radius 2 is 1.67 bits per heavy atom. The van der Waals surface area contributed by atoms with Crippen molar-refractivity contribution >= 4 is 50.5 Å². The van der Waals surface area contributed by atoms with Gasteiger partial charge in [0.15, 0.2) is 0 Å². The fourth-order valence-electron chi connectivity index (χ4n) is 3.49. The standard InChI is InChI=1S/C22H16Cl3F2N3O2S/c23-13-3-1-12(2-4-13)19-11-20(29-28-19)22(16-7-5-14(24)9-17(16)25)30-33(31,32)21-8-6-15(26)10-18(21)27/h1-10,19,22,28,30H,11H2. The smallest absolute Gasteiger partial charge is 0.244 e. The van der Waals surface area contributed by atoms with Crippen LogP contribution in [0.5, 0.6) is 0 Å². The summed E-state index contributed by atoms with van der Waals surface area (Å²) in [7, 11) is -4.42. The fourth-order valence-corrected chi connectivity index (χ4v) is 5.40. The van der Waals surface area contributed by atoms with Crippen molar-refractivity contribution in [2.75, 3.05) is 0 Å². The van der Waals surface area contributed by atoms with Gasteiger partial charge >= 0.3 is 0 Å². The number of hydrazone groups is 1. The molecule has 0 bridgehead atoms. The van der Waals surface area contributed by atoms with Gasteiger partial charge in [0.1, 0.15) is 16.5 Å². The molecule has 4 rings (SSSR count).